The van der Waals surface area contributed by atoms with E-state index in [0.29, 0.717) is 46.7 Å². The number of ether oxygens (including phenoxy) is 2. The monoisotopic (exact) mass is 454 g/mol. The molecule has 0 unspecified atom stereocenters. The highest BCUT2D eigenvalue weighted by atomic mass is 19.1. The lowest BCUT2D eigenvalue weighted by atomic mass is 9.96. The van der Waals surface area contributed by atoms with E-state index in [4.69, 9.17) is 15.2 Å². The summed E-state index contributed by atoms with van der Waals surface area (Å²) in [5.74, 6) is 0.271. The molecule has 33 heavy (non-hydrogen) atoms. The van der Waals surface area contributed by atoms with Gasteiger partial charge in [-0.15, -0.1) is 0 Å². The van der Waals surface area contributed by atoms with E-state index in [2.05, 4.69) is 26.3 Å². The van der Waals surface area contributed by atoms with E-state index in [9.17, 15) is 4.79 Å². The first-order valence-electron chi connectivity index (χ1n) is 10.8. The third-order valence-corrected chi connectivity index (χ3v) is 5.79. The van der Waals surface area contributed by atoms with E-state index >= 15 is 4.39 Å². The molecule has 6 N–H and O–H groups in total. The Kier molecular flexibility index (Phi) is 6.45. The summed E-state index contributed by atoms with van der Waals surface area (Å²) < 4.78 is 26.1. The molecule has 2 aliphatic rings. The molecule has 0 spiro atoms. The van der Waals surface area contributed by atoms with E-state index in [1.807, 2.05) is 6.92 Å². The molecule has 1 fully saturated rings. The number of halogens is 1. The van der Waals surface area contributed by atoms with Crippen LogP contribution in [0.3, 0.4) is 0 Å². The number of fused-ring (bicyclic) bond motifs is 2. The highest BCUT2D eigenvalue weighted by molar-refractivity contribution is 5.99. The smallest absolute Gasteiger partial charge is 0.413 e. The molecule has 5 rings (SSSR count). The molecule has 2 aromatic heterocycles. The Labute approximate surface area is 190 Å². The predicted octanol–water partition coefficient (Wildman–Crippen LogP) is 3.81. The van der Waals surface area contributed by atoms with Crippen LogP contribution in [0.1, 0.15) is 24.8 Å². The average molecular weight is 455 g/mol. The van der Waals surface area contributed by atoms with Crippen molar-refractivity contribution in [2.45, 2.75) is 32.3 Å². The molecule has 3 aromatic rings. The molecule has 0 saturated heterocycles. The Morgan fingerprint density at radius 2 is 2.03 bits per heavy atom. The fourth-order valence-corrected chi connectivity index (χ4v) is 3.83. The van der Waals surface area contributed by atoms with Gasteiger partial charge in [-0.2, -0.15) is 0 Å². The maximum atomic E-state index is 15.2. The quantitative estimate of drug-likeness (QED) is 0.439. The summed E-state index contributed by atoms with van der Waals surface area (Å²) in [6, 6.07) is 3.34. The number of nitrogens with zero attached hydrogens (tertiary/aromatic N) is 2. The summed E-state index contributed by atoms with van der Waals surface area (Å²) in [6.07, 6.45) is 5.28. The molecule has 0 atom stereocenters. The van der Waals surface area contributed by atoms with Crippen LogP contribution in [0.15, 0.2) is 24.5 Å². The van der Waals surface area contributed by atoms with Gasteiger partial charge in [0.25, 0.3) is 0 Å². The van der Waals surface area contributed by atoms with Crippen LogP contribution in [0.5, 0.6) is 5.88 Å². The second-order valence-corrected chi connectivity index (χ2v) is 7.78. The summed E-state index contributed by atoms with van der Waals surface area (Å²) >= 11 is 0. The van der Waals surface area contributed by atoms with Gasteiger partial charge in [-0.3, -0.25) is 5.32 Å². The first-order chi connectivity index (χ1) is 16.0. The van der Waals surface area contributed by atoms with Gasteiger partial charge in [0.2, 0.25) is 5.88 Å². The van der Waals surface area contributed by atoms with Gasteiger partial charge in [0.1, 0.15) is 24.2 Å². The van der Waals surface area contributed by atoms with Crippen molar-refractivity contribution in [3.8, 4) is 17.0 Å². The van der Waals surface area contributed by atoms with Crippen molar-refractivity contribution in [1.82, 2.24) is 9.97 Å². The van der Waals surface area contributed by atoms with Crippen molar-refractivity contribution < 1.29 is 18.7 Å². The fraction of sp³-hybridized carbons (Fsp3) is 0.348. The number of nitrogen functional groups attached to an aromatic ring is 1. The summed E-state index contributed by atoms with van der Waals surface area (Å²) in [5.41, 5.74) is 13.1. The highest BCUT2D eigenvalue weighted by Crippen LogP contribution is 2.39. The Bertz CT molecular complexity index is 1200. The first kappa shape index (κ1) is 22.5. The normalized spacial score (nSPS) is 14.7. The van der Waals surface area contributed by atoms with E-state index in [-0.39, 0.29) is 11.8 Å². The van der Waals surface area contributed by atoms with Gasteiger partial charge in [-0.1, -0.05) is 0 Å². The van der Waals surface area contributed by atoms with Gasteiger partial charge in [0.05, 0.1) is 5.69 Å². The van der Waals surface area contributed by atoms with Gasteiger partial charge in [-0.25, -0.2) is 19.2 Å². The molecule has 1 amide bonds. The zero-order valence-electron chi connectivity index (χ0n) is 18.6. The summed E-state index contributed by atoms with van der Waals surface area (Å²) in [7, 11) is 1.50. The van der Waals surface area contributed by atoms with Crippen LogP contribution in [0.25, 0.3) is 21.9 Å². The maximum absolute atomic E-state index is 15.2. The van der Waals surface area contributed by atoms with Crippen molar-refractivity contribution in [2.75, 3.05) is 36.6 Å². The van der Waals surface area contributed by atoms with Gasteiger partial charge in [0, 0.05) is 35.5 Å². The van der Waals surface area contributed by atoms with Crippen LogP contribution >= 0.6 is 0 Å². The Balaban J connectivity index is 0.00000126. The minimum absolute atomic E-state index is 0.00933. The number of hydrogen-bond acceptors (Lipinski definition) is 8. The number of anilines is 3. The van der Waals surface area contributed by atoms with Crippen LogP contribution < -0.4 is 26.8 Å². The second kappa shape index (κ2) is 9.45. The molecule has 1 aliphatic heterocycles. The number of benzene rings is 1. The number of nitrogens with two attached hydrogens (primary N) is 2. The van der Waals surface area contributed by atoms with Gasteiger partial charge >= 0.3 is 6.09 Å². The van der Waals surface area contributed by atoms with Crippen molar-refractivity contribution in [2.24, 2.45) is 5.73 Å². The van der Waals surface area contributed by atoms with Crippen LogP contribution in [0, 0.1) is 12.7 Å². The Morgan fingerprint density at radius 3 is 2.76 bits per heavy atom. The third-order valence-electron chi connectivity index (χ3n) is 5.79. The van der Waals surface area contributed by atoms with Crippen molar-refractivity contribution in [1.29, 1.82) is 0 Å². The molecule has 174 valence electrons. The number of carbonyl (C=O) groups is 1. The average Bonchev–Trinajstić information content (AvgIpc) is 2.81. The third kappa shape index (κ3) is 4.34. The number of rotatable bonds is 3. The van der Waals surface area contributed by atoms with E-state index in [1.165, 1.54) is 13.2 Å². The standard InChI is InChI=1S/C22H22FN5O3.CH5N/c1-11-15(9-27-21-20(11)25-5-6-30-21)14-7-12-8-17(26-10-16(12)19(24)18(14)23)28-22(29)31-13-3-2-4-13;1-2/h7-10,13,25H,2-6,24H2,1H3,(H,26,28,29);2H2,1H3. The largest absolute Gasteiger partial charge is 0.474 e. The van der Waals surface area contributed by atoms with Crippen molar-refractivity contribution in [3.05, 3.63) is 35.9 Å². The number of nitrogens with one attached hydrogen (secondary N) is 2. The summed E-state index contributed by atoms with van der Waals surface area (Å²) in [6.45, 7) is 3.06. The van der Waals surface area contributed by atoms with E-state index in [0.717, 1.165) is 30.5 Å². The second-order valence-electron chi connectivity index (χ2n) is 7.78. The van der Waals surface area contributed by atoms with Gasteiger partial charge in [-0.05, 0) is 56.3 Å². The van der Waals surface area contributed by atoms with E-state index in [1.54, 1.807) is 18.3 Å². The molecule has 1 aliphatic carbocycles. The van der Waals surface area contributed by atoms with Crippen LogP contribution in [0.4, 0.5) is 26.4 Å². The van der Waals surface area contributed by atoms with E-state index < -0.39 is 11.9 Å². The van der Waals surface area contributed by atoms with Crippen molar-refractivity contribution in [3.63, 3.8) is 0 Å². The lowest BCUT2D eigenvalue weighted by Crippen LogP contribution is -2.27. The number of aromatic nitrogens is 2. The molecule has 0 bridgehead atoms. The topological polar surface area (TPSA) is 137 Å². The van der Waals surface area contributed by atoms with Crippen LogP contribution in [-0.4, -0.2) is 42.4 Å². The molecule has 9 nitrogen and oxygen atoms in total. The minimum atomic E-state index is -0.548. The number of pyridine rings is 2. The molecule has 0 radical (unpaired) electrons. The summed E-state index contributed by atoms with van der Waals surface area (Å²) in [4.78, 5) is 20.6. The molecular formula is C23H27FN6O3. The number of amides is 1. The molecule has 1 aromatic carbocycles. The molecule has 3 heterocycles. The maximum Gasteiger partial charge on any atom is 0.413 e. The van der Waals surface area contributed by atoms with Crippen LogP contribution in [0.2, 0.25) is 0 Å². The highest BCUT2D eigenvalue weighted by Gasteiger charge is 2.23. The SMILES string of the molecule is CN.Cc1c(-c2cc3cc(NC(=O)OC4CCC4)ncc3c(N)c2F)cnc2c1NCCO2. The Morgan fingerprint density at radius 1 is 1.24 bits per heavy atom. The zero-order valence-corrected chi connectivity index (χ0v) is 18.6. The molecular weight excluding hydrogens is 427 g/mol. The Hall–Kier alpha value is -3.66. The zero-order chi connectivity index (χ0) is 23.5. The summed E-state index contributed by atoms with van der Waals surface area (Å²) in [5, 5.41) is 6.99. The van der Waals surface area contributed by atoms with Gasteiger partial charge in [0.15, 0.2) is 5.82 Å². The number of carbonyl (C=O) groups excluding carboxylic acids is 1. The fourth-order valence-electron chi connectivity index (χ4n) is 3.83. The van der Waals surface area contributed by atoms with Crippen LogP contribution in [-0.2, 0) is 4.74 Å². The lowest BCUT2D eigenvalue weighted by Gasteiger charge is -2.25. The predicted molar refractivity (Wildman–Crippen MR) is 126 cm³/mol. The molecule has 10 heteroatoms. The van der Waals surface area contributed by atoms with Crippen molar-refractivity contribution >= 4 is 34.1 Å². The first-order valence-corrected chi connectivity index (χ1v) is 10.8. The lowest BCUT2D eigenvalue weighted by molar-refractivity contribution is 0.0623. The number of hydrogen-bond donors (Lipinski definition) is 4. The van der Waals surface area contributed by atoms with Gasteiger partial charge < -0.3 is 26.3 Å². The minimum Gasteiger partial charge on any atom is -0.474 e. The molecule has 1 saturated carbocycles.